The first-order valence-corrected chi connectivity index (χ1v) is 8.16. The summed E-state index contributed by atoms with van der Waals surface area (Å²) in [5.74, 6) is 0.852. The molecule has 0 spiro atoms. The molecular formula is C17H32O3. The maximum atomic E-state index is 11.8. The molecule has 0 radical (unpaired) electrons. The Hall–Kier alpha value is -0.570. The summed E-state index contributed by atoms with van der Waals surface area (Å²) < 4.78 is 0. The van der Waals surface area contributed by atoms with Crippen LogP contribution >= 0.6 is 0 Å². The average Bonchev–Trinajstić information content (AvgIpc) is 2.38. The van der Waals surface area contributed by atoms with Crippen molar-refractivity contribution in [3.05, 3.63) is 0 Å². The van der Waals surface area contributed by atoms with Crippen LogP contribution in [-0.4, -0.2) is 12.6 Å². The molecule has 118 valence electrons. The van der Waals surface area contributed by atoms with Crippen molar-refractivity contribution in [3.8, 4) is 0 Å². The Kier molecular flexibility index (Phi) is 7.01. The number of hydrogen-bond donors (Lipinski definition) is 0. The minimum absolute atomic E-state index is 0.0853. The first-order chi connectivity index (χ1) is 9.33. The minimum Gasteiger partial charge on any atom is -0.298 e. The van der Waals surface area contributed by atoms with Gasteiger partial charge in [-0.25, -0.2) is 4.79 Å². The standard InChI is InChI=1S/C17H32O3/c1-13(2)11-14(3)16(18)20-19-12-17(4,5)15-9-7-6-8-10-15/h13-15H,6-12H2,1-5H3. The summed E-state index contributed by atoms with van der Waals surface area (Å²) >= 11 is 0. The van der Waals surface area contributed by atoms with Crippen LogP contribution in [0.3, 0.4) is 0 Å². The summed E-state index contributed by atoms with van der Waals surface area (Å²) in [6.07, 6.45) is 7.38. The highest BCUT2D eigenvalue weighted by Gasteiger charge is 2.31. The maximum absolute atomic E-state index is 11.8. The molecule has 1 aliphatic rings. The van der Waals surface area contributed by atoms with Crippen molar-refractivity contribution < 1.29 is 14.6 Å². The van der Waals surface area contributed by atoms with Crippen LogP contribution in [0.25, 0.3) is 0 Å². The number of carbonyl (C=O) groups is 1. The zero-order valence-corrected chi connectivity index (χ0v) is 13.9. The van der Waals surface area contributed by atoms with Crippen LogP contribution in [0.15, 0.2) is 0 Å². The topological polar surface area (TPSA) is 35.5 Å². The first-order valence-electron chi connectivity index (χ1n) is 8.16. The van der Waals surface area contributed by atoms with Crippen molar-refractivity contribution in [2.75, 3.05) is 6.61 Å². The van der Waals surface area contributed by atoms with Crippen LogP contribution in [0.2, 0.25) is 0 Å². The van der Waals surface area contributed by atoms with Gasteiger partial charge in [-0.1, -0.05) is 53.9 Å². The maximum Gasteiger partial charge on any atom is 0.345 e. The second-order valence-electron chi connectivity index (χ2n) is 7.52. The molecular weight excluding hydrogens is 252 g/mol. The lowest BCUT2D eigenvalue weighted by Gasteiger charge is -2.36. The van der Waals surface area contributed by atoms with E-state index in [0.29, 0.717) is 18.4 Å². The first kappa shape index (κ1) is 17.5. The van der Waals surface area contributed by atoms with E-state index in [1.165, 1.54) is 32.1 Å². The fourth-order valence-corrected chi connectivity index (χ4v) is 3.13. The molecule has 1 saturated carbocycles. The van der Waals surface area contributed by atoms with E-state index in [1.54, 1.807) is 0 Å². The second-order valence-corrected chi connectivity index (χ2v) is 7.52. The molecule has 0 aromatic carbocycles. The smallest absolute Gasteiger partial charge is 0.298 e. The van der Waals surface area contributed by atoms with Crippen molar-refractivity contribution in [2.24, 2.45) is 23.2 Å². The second kappa shape index (κ2) is 8.02. The van der Waals surface area contributed by atoms with Gasteiger partial charge in [0.1, 0.15) is 0 Å². The largest absolute Gasteiger partial charge is 0.345 e. The predicted molar refractivity (Wildman–Crippen MR) is 81.0 cm³/mol. The van der Waals surface area contributed by atoms with Gasteiger partial charge >= 0.3 is 5.97 Å². The highest BCUT2D eigenvalue weighted by Crippen LogP contribution is 2.38. The lowest BCUT2D eigenvalue weighted by Crippen LogP contribution is -2.31. The highest BCUT2D eigenvalue weighted by molar-refractivity contribution is 5.71. The normalized spacial score (nSPS) is 19.1. The molecule has 0 amide bonds. The van der Waals surface area contributed by atoms with Crippen molar-refractivity contribution >= 4 is 5.97 Å². The van der Waals surface area contributed by atoms with Gasteiger partial charge in [0.15, 0.2) is 0 Å². The van der Waals surface area contributed by atoms with Crippen molar-refractivity contribution in [3.63, 3.8) is 0 Å². The predicted octanol–water partition coefficient (Wildman–Crippen LogP) is 4.75. The van der Waals surface area contributed by atoms with Crippen LogP contribution in [0, 0.1) is 23.2 Å². The Morgan fingerprint density at radius 3 is 2.30 bits per heavy atom. The molecule has 3 nitrogen and oxygen atoms in total. The van der Waals surface area contributed by atoms with Crippen molar-refractivity contribution in [1.29, 1.82) is 0 Å². The van der Waals surface area contributed by atoms with Gasteiger partial charge in [0.25, 0.3) is 0 Å². The highest BCUT2D eigenvalue weighted by atomic mass is 17.2. The Bertz CT molecular complexity index is 291. The Morgan fingerprint density at radius 1 is 1.15 bits per heavy atom. The summed E-state index contributed by atoms with van der Waals surface area (Å²) in [6, 6.07) is 0. The Labute approximate surface area is 124 Å². The lowest BCUT2D eigenvalue weighted by atomic mass is 9.72. The van der Waals surface area contributed by atoms with Gasteiger partial charge in [-0.3, -0.25) is 4.89 Å². The minimum atomic E-state index is -0.238. The molecule has 3 heteroatoms. The molecule has 0 N–H and O–H groups in total. The third-order valence-electron chi connectivity index (χ3n) is 4.51. The number of rotatable bonds is 7. The summed E-state index contributed by atoms with van der Waals surface area (Å²) in [6.45, 7) is 11.0. The van der Waals surface area contributed by atoms with Crippen LogP contribution in [0.4, 0.5) is 0 Å². The quantitative estimate of drug-likeness (QED) is 0.500. The van der Waals surface area contributed by atoms with E-state index < -0.39 is 0 Å². The van der Waals surface area contributed by atoms with Crippen LogP contribution in [0.1, 0.15) is 73.1 Å². The summed E-state index contributed by atoms with van der Waals surface area (Å²) in [7, 11) is 0. The molecule has 1 unspecified atom stereocenters. The number of carbonyl (C=O) groups excluding carboxylic acids is 1. The van der Waals surface area contributed by atoms with Gasteiger partial charge in [0, 0.05) is 0 Å². The average molecular weight is 284 g/mol. The summed E-state index contributed by atoms with van der Waals surface area (Å²) in [5, 5.41) is 0. The fraction of sp³-hybridized carbons (Fsp3) is 0.941. The van der Waals surface area contributed by atoms with E-state index in [9.17, 15) is 4.79 Å². The Morgan fingerprint density at radius 2 is 1.75 bits per heavy atom. The SMILES string of the molecule is CC(C)CC(C)C(=O)OOCC(C)(C)C1CCCCC1. The molecule has 1 fully saturated rings. The third-order valence-corrected chi connectivity index (χ3v) is 4.51. The van der Waals surface area contributed by atoms with Gasteiger partial charge in [0.05, 0.1) is 12.5 Å². The van der Waals surface area contributed by atoms with Gasteiger partial charge in [-0.15, -0.1) is 0 Å². The van der Waals surface area contributed by atoms with Gasteiger partial charge in [-0.05, 0) is 36.5 Å². The molecule has 1 atom stereocenters. The van der Waals surface area contributed by atoms with E-state index in [-0.39, 0.29) is 17.3 Å². The van der Waals surface area contributed by atoms with E-state index in [1.807, 2.05) is 6.92 Å². The molecule has 1 aliphatic carbocycles. The van der Waals surface area contributed by atoms with Crippen LogP contribution < -0.4 is 0 Å². The van der Waals surface area contributed by atoms with E-state index in [0.717, 1.165) is 6.42 Å². The zero-order chi connectivity index (χ0) is 15.2. The Balaban J connectivity index is 2.29. The van der Waals surface area contributed by atoms with Gasteiger partial charge < -0.3 is 0 Å². The monoisotopic (exact) mass is 284 g/mol. The molecule has 0 aliphatic heterocycles. The summed E-state index contributed by atoms with van der Waals surface area (Å²) in [5.41, 5.74) is 0.0853. The van der Waals surface area contributed by atoms with Crippen LogP contribution in [0.5, 0.6) is 0 Å². The molecule has 0 aromatic rings. The number of hydrogen-bond acceptors (Lipinski definition) is 3. The zero-order valence-electron chi connectivity index (χ0n) is 13.9. The molecule has 20 heavy (non-hydrogen) atoms. The molecule has 0 heterocycles. The molecule has 0 bridgehead atoms. The van der Waals surface area contributed by atoms with Crippen molar-refractivity contribution in [1.82, 2.24) is 0 Å². The molecule has 0 saturated heterocycles. The summed E-state index contributed by atoms with van der Waals surface area (Å²) in [4.78, 5) is 22.1. The molecule has 1 rings (SSSR count). The third kappa shape index (κ3) is 5.82. The van der Waals surface area contributed by atoms with Crippen molar-refractivity contribution in [2.45, 2.75) is 73.1 Å². The lowest BCUT2D eigenvalue weighted by molar-refractivity contribution is -0.290. The fourth-order valence-electron chi connectivity index (χ4n) is 3.13. The molecule has 0 aromatic heterocycles. The van der Waals surface area contributed by atoms with Crippen LogP contribution in [-0.2, 0) is 14.6 Å². The van der Waals surface area contributed by atoms with E-state index in [2.05, 4.69) is 27.7 Å². The van der Waals surface area contributed by atoms with Gasteiger partial charge in [-0.2, -0.15) is 4.89 Å². The van der Waals surface area contributed by atoms with Gasteiger partial charge in [0.2, 0.25) is 0 Å². The van der Waals surface area contributed by atoms with E-state index in [4.69, 9.17) is 9.78 Å². The van der Waals surface area contributed by atoms with E-state index >= 15 is 0 Å².